The van der Waals surface area contributed by atoms with Gasteiger partial charge in [0.05, 0.1) is 24.0 Å². The third kappa shape index (κ3) is 5.07. The van der Waals surface area contributed by atoms with Crippen molar-refractivity contribution in [1.82, 2.24) is 4.90 Å². The van der Waals surface area contributed by atoms with Gasteiger partial charge in [-0.15, -0.1) is 0 Å². The van der Waals surface area contributed by atoms with E-state index in [1.165, 1.54) is 19.9 Å². The molecule has 0 spiro atoms. The molecule has 0 amide bonds. The Kier molecular flexibility index (Phi) is 6.88. The van der Waals surface area contributed by atoms with Crippen molar-refractivity contribution in [3.8, 4) is 0 Å². The first-order valence-corrected chi connectivity index (χ1v) is 12.0. The summed E-state index contributed by atoms with van der Waals surface area (Å²) in [6.45, 7) is 1.27. The topological polar surface area (TPSA) is 49.4 Å². The highest BCUT2D eigenvalue weighted by Gasteiger charge is 2.43. The number of hydrogen-bond donors (Lipinski definition) is 1. The first-order valence-electron chi connectivity index (χ1n) is 9.52. The molecule has 0 aromatic heterocycles. The van der Waals surface area contributed by atoms with E-state index < -0.39 is 57.8 Å². The Bertz CT molecular complexity index is 1120. The number of sulfonamides is 1. The molecule has 4 nitrogen and oxygen atoms in total. The quantitative estimate of drug-likeness (QED) is 0.504. The second-order valence-corrected chi connectivity index (χ2v) is 10.5. The van der Waals surface area contributed by atoms with Crippen LogP contribution < -0.4 is 4.72 Å². The molecule has 12 heteroatoms. The third-order valence-corrected chi connectivity index (χ3v) is 7.04. The van der Waals surface area contributed by atoms with Gasteiger partial charge in [0.25, 0.3) is 0 Å². The number of nitrogens with zero attached hydrogens (tertiary/aromatic N) is 1. The summed E-state index contributed by atoms with van der Waals surface area (Å²) in [4.78, 5) is 0.868. The fourth-order valence-corrected chi connectivity index (χ4v) is 4.89. The summed E-state index contributed by atoms with van der Waals surface area (Å²) in [5.74, 6) is -3.49. The maximum atomic E-state index is 15.3. The summed E-state index contributed by atoms with van der Waals surface area (Å²) >= 11 is 2.94. The maximum Gasteiger partial charge on any atom is 0.401 e. The number of alkyl halides is 3. The minimum absolute atomic E-state index is 0.0539. The minimum Gasteiger partial charge on any atom is -0.281 e. The molecule has 1 aliphatic heterocycles. The summed E-state index contributed by atoms with van der Waals surface area (Å²) in [6.07, 6.45) is -4.89. The van der Waals surface area contributed by atoms with Crippen LogP contribution in [0.15, 0.2) is 28.7 Å². The summed E-state index contributed by atoms with van der Waals surface area (Å²) < 4.78 is 111. The highest BCUT2D eigenvalue weighted by atomic mass is 79.9. The van der Waals surface area contributed by atoms with E-state index in [1.54, 1.807) is 0 Å². The van der Waals surface area contributed by atoms with Crippen LogP contribution in [-0.4, -0.2) is 37.8 Å². The van der Waals surface area contributed by atoms with Gasteiger partial charge >= 0.3 is 6.18 Å². The number of nitrogens with one attached hydrogen (secondary N) is 1. The average Bonchev–Trinajstić information content (AvgIpc) is 2.65. The molecule has 0 fully saturated rings. The van der Waals surface area contributed by atoms with Crippen molar-refractivity contribution in [2.24, 2.45) is 0 Å². The lowest BCUT2D eigenvalue weighted by molar-refractivity contribution is -0.155. The second-order valence-electron chi connectivity index (χ2n) is 7.53. The SMILES string of the molecule is CCS(=O)(=O)Nc1ccc2c(c1F)C[C@@H](C)N(CC(F)(F)F)[C@@H]2c1c(F)cc(Br)cc1F. The van der Waals surface area contributed by atoms with Crippen LogP contribution in [0.4, 0.5) is 32.0 Å². The van der Waals surface area contributed by atoms with E-state index in [0.29, 0.717) is 0 Å². The van der Waals surface area contributed by atoms with E-state index in [1.807, 2.05) is 0 Å². The van der Waals surface area contributed by atoms with E-state index >= 15 is 4.39 Å². The van der Waals surface area contributed by atoms with Gasteiger partial charge in [-0.05, 0) is 49.6 Å². The molecule has 2 aromatic rings. The van der Waals surface area contributed by atoms with Crippen LogP contribution in [0.25, 0.3) is 0 Å². The van der Waals surface area contributed by atoms with Gasteiger partial charge in [-0.2, -0.15) is 13.2 Å². The van der Waals surface area contributed by atoms with Crippen LogP contribution in [-0.2, 0) is 16.4 Å². The number of rotatable bonds is 5. The molecule has 0 radical (unpaired) electrons. The molecule has 1 heterocycles. The first-order chi connectivity index (χ1) is 14.7. The Morgan fingerprint density at radius 2 is 1.75 bits per heavy atom. The largest absolute Gasteiger partial charge is 0.401 e. The molecular formula is C20H19BrF6N2O2S. The van der Waals surface area contributed by atoms with Crippen LogP contribution in [0, 0.1) is 17.5 Å². The fraction of sp³-hybridized carbons (Fsp3) is 0.400. The van der Waals surface area contributed by atoms with Crippen molar-refractivity contribution in [2.75, 3.05) is 17.0 Å². The van der Waals surface area contributed by atoms with Crippen molar-refractivity contribution < 1.29 is 34.8 Å². The van der Waals surface area contributed by atoms with Crippen molar-refractivity contribution in [3.05, 3.63) is 62.9 Å². The van der Waals surface area contributed by atoms with Crippen molar-refractivity contribution >= 4 is 31.6 Å². The molecular weight excluding hydrogens is 526 g/mol. The van der Waals surface area contributed by atoms with E-state index in [9.17, 15) is 30.4 Å². The molecule has 2 atom stereocenters. The fourth-order valence-electron chi connectivity index (χ4n) is 3.85. The summed E-state index contributed by atoms with van der Waals surface area (Å²) in [7, 11) is -3.83. The molecule has 0 saturated carbocycles. The Labute approximate surface area is 189 Å². The van der Waals surface area contributed by atoms with E-state index in [0.717, 1.165) is 23.1 Å². The van der Waals surface area contributed by atoms with E-state index in [4.69, 9.17) is 0 Å². The molecule has 0 saturated heterocycles. The minimum atomic E-state index is -4.68. The van der Waals surface area contributed by atoms with Gasteiger partial charge in [0.15, 0.2) is 5.82 Å². The third-order valence-electron chi connectivity index (χ3n) is 5.30. The lowest BCUT2D eigenvalue weighted by Crippen LogP contribution is -2.48. The summed E-state index contributed by atoms with van der Waals surface area (Å²) in [5.41, 5.74) is -1.19. The highest BCUT2D eigenvalue weighted by Crippen LogP contribution is 2.43. The second kappa shape index (κ2) is 8.86. The summed E-state index contributed by atoms with van der Waals surface area (Å²) in [5, 5.41) is 0. The Hall–Kier alpha value is -1.79. The number of anilines is 1. The predicted octanol–water partition coefficient (Wildman–Crippen LogP) is 5.53. The predicted molar refractivity (Wildman–Crippen MR) is 111 cm³/mol. The Morgan fingerprint density at radius 3 is 2.28 bits per heavy atom. The van der Waals surface area contributed by atoms with Gasteiger partial charge in [-0.1, -0.05) is 22.0 Å². The zero-order chi connectivity index (χ0) is 24.0. The number of benzene rings is 2. The Morgan fingerprint density at radius 1 is 1.16 bits per heavy atom. The van der Waals surface area contributed by atoms with Crippen LogP contribution in [0.3, 0.4) is 0 Å². The number of hydrogen-bond acceptors (Lipinski definition) is 3. The van der Waals surface area contributed by atoms with Crippen LogP contribution in [0.5, 0.6) is 0 Å². The normalized spacial score (nSPS) is 19.7. The van der Waals surface area contributed by atoms with Crippen LogP contribution in [0.1, 0.15) is 36.6 Å². The van der Waals surface area contributed by atoms with Gasteiger partial charge in [-0.25, -0.2) is 21.6 Å². The first kappa shape index (κ1) is 24.8. The molecule has 1 aliphatic rings. The van der Waals surface area contributed by atoms with E-state index in [2.05, 4.69) is 20.7 Å². The molecule has 0 unspecified atom stereocenters. The highest BCUT2D eigenvalue weighted by molar-refractivity contribution is 9.10. The molecule has 0 aliphatic carbocycles. The van der Waals surface area contributed by atoms with Gasteiger partial charge in [0.2, 0.25) is 10.0 Å². The molecule has 2 aromatic carbocycles. The molecule has 32 heavy (non-hydrogen) atoms. The summed E-state index contributed by atoms with van der Waals surface area (Å²) in [6, 6.07) is 1.56. The van der Waals surface area contributed by atoms with E-state index in [-0.39, 0.29) is 33.5 Å². The number of fused-ring (bicyclic) bond motifs is 1. The van der Waals surface area contributed by atoms with Crippen LogP contribution in [0.2, 0.25) is 0 Å². The zero-order valence-corrected chi connectivity index (χ0v) is 19.3. The van der Waals surface area contributed by atoms with Gasteiger partial charge in [-0.3, -0.25) is 9.62 Å². The monoisotopic (exact) mass is 544 g/mol. The van der Waals surface area contributed by atoms with Gasteiger partial charge in [0.1, 0.15) is 11.6 Å². The standard InChI is InChI=1S/C20H19BrF6N2O2S/c1-3-32(30,31)28-16-5-4-12-13(18(16)24)6-10(2)29(9-20(25,26)27)19(12)17-14(22)7-11(21)8-15(17)23/h4-5,7-8,10,19,28H,3,6,9H2,1-2H3/t10-,19+/m1/s1. The zero-order valence-electron chi connectivity index (χ0n) is 16.9. The van der Waals surface area contributed by atoms with Crippen molar-refractivity contribution in [3.63, 3.8) is 0 Å². The molecule has 176 valence electrons. The van der Waals surface area contributed by atoms with Crippen molar-refractivity contribution in [1.29, 1.82) is 0 Å². The molecule has 1 N–H and O–H groups in total. The lowest BCUT2D eigenvalue weighted by Gasteiger charge is -2.42. The molecule has 3 rings (SSSR count). The van der Waals surface area contributed by atoms with Gasteiger partial charge in [0, 0.05) is 16.1 Å². The smallest absolute Gasteiger partial charge is 0.281 e. The van der Waals surface area contributed by atoms with Crippen molar-refractivity contribution in [2.45, 2.75) is 38.5 Å². The number of halogens is 7. The van der Waals surface area contributed by atoms with Crippen LogP contribution >= 0.6 is 15.9 Å². The Balaban J connectivity index is 2.23. The molecule has 0 bridgehead atoms. The maximum absolute atomic E-state index is 15.3. The average molecular weight is 545 g/mol. The van der Waals surface area contributed by atoms with Gasteiger partial charge < -0.3 is 0 Å². The lowest BCUT2D eigenvalue weighted by atomic mass is 9.84.